The second-order valence-electron chi connectivity index (χ2n) is 4.86. The van der Waals surface area contributed by atoms with Crippen LogP contribution in [0.1, 0.15) is 17.3 Å². The molecule has 3 N–H and O–H groups in total. The van der Waals surface area contributed by atoms with Gasteiger partial charge in [-0.25, -0.2) is 17.9 Å². The number of rotatable bonds is 5. The molecule has 2 aromatic rings. The van der Waals surface area contributed by atoms with Crippen LogP contribution in [0.4, 0.5) is 11.4 Å². The van der Waals surface area contributed by atoms with Crippen LogP contribution in [0.3, 0.4) is 0 Å². The number of carboxylic acids is 1. The molecule has 0 aliphatic rings. The number of aromatic hydroxyl groups is 1. The van der Waals surface area contributed by atoms with Crippen molar-refractivity contribution in [3.05, 3.63) is 48.0 Å². The highest BCUT2D eigenvalue weighted by atomic mass is 32.2. The Hall–Kier alpha value is -3.27. The van der Waals surface area contributed by atoms with E-state index in [1.807, 2.05) is 4.72 Å². The van der Waals surface area contributed by atoms with Crippen molar-refractivity contribution in [2.24, 2.45) is 10.2 Å². The fraction of sp³-hybridized carbons (Fsp3) is 0.0667. The summed E-state index contributed by atoms with van der Waals surface area (Å²) in [6.45, 7) is 1.09. The van der Waals surface area contributed by atoms with Crippen molar-refractivity contribution >= 4 is 33.3 Å². The second-order valence-corrected chi connectivity index (χ2v) is 6.54. The van der Waals surface area contributed by atoms with Crippen LogP contribution < -0.4 is 4.72 Å². The molecular weight excluding hydrogens is 350 g/mol. The SMILES string of the molecule is CC(=O)NS(=O)(=O)c1ccc(N=Nc2ccc(O)c(C(=O)O)c2)cc1. The summed E-state index contributed by atoms with van der Waals surface area (Å²) in [7, 11) is -3.93. The highest BCUT2D eigenvalue weighted by molar-refractivity contribution is 7.90. The van der Waals surface area contributed by atoms with E-state index in [1.54, 1.807) is 0 Å². The number of carbonyl (C=O) groups excluding carboxylic acids is 1. The summed E-state index contributed by atoms with van der Waals surface area (Å²) in [6.07, 6.45) is 0. The Bertz CT molecular complexity index is 952. The van der Waals surface area contributed by atoms with Gasteiger partial charge in [0.15, 0.2) is 0 Å². The van der Waals surface area contributed by atoms with Crippen LogP contribution in [0, 0.1) is 0 Å². The number of nitrogens with zero attached hydrogens (tertiary/aromatic N) is 2. The minimum absolute atomic E-state index is 0.112. The molecule has 1 amide bonds. The van der Waals surface area contributed by atoms with E-state index in [2.05, 4.69) is 10.2 Å². The number of sulfonamides is 1. The summed E-state index contributed by atoms with van der Waals surface area (Å²) < 4.78 is 25.4. The Morgan fingerprint density at radius 1 is 1.00 bits per heavy atom. The molecule has 0 fully saturated rings. The monoisotopic (exact) mass is 363 g/mol. The van der Waals surface area contributed by atoms with Gasteiger partial charge in [0.25, 0.3) is 10.0 Å². The van der Waals surface area contributed by atoms with E-state index in [0.717, 1.165) is 13.0 Å². The van der Waals surface area contributed by atoms with E-state index in [0.29, 0.717) is 5.69 Å². The van der Waals surface area contributed by atoms with Gasteiger partial charge in [-0.05, 0) is 42.5 Å². The first-order valence-corrected chi connectivity index (χ1v) is 8.29. The molecule has 0 aliphatic carbocycles. The summed E-state index contributed by atoms with van der Waals surface area (Å²) in [4.78, 5) is 21.7. The number of benzene rings is 2. The van der Waals surface area contributed by atoms with Crippen LogP contribution in [-0.4, -0.2) is 30.5 Å². The summed E-state index contributed by atoms with van der Waals surface area (Å²) >= 11 is 0. The largest absolute Gasteiger partial charge is 0.507 e. The normalized spacial score (nSPS) is 11.4. The lowest BCUT2D eigenvalue weighted by molar-refractivity contribution is -0.117. The standard InChI is InChI=1S/C15H13N3O6S/c1-9(19)18-25(23,24)12-5-2-10(3-6-12)16-17-11-4-7-14(20)13(8-11)15(21)22/h2-8,20H,1H3,(H,18,19)(H,21,22). The third kappa shape index (κ3) is 4.61. The number of hydrogen-bond acceptors (Lipinski definition) is 7. The van der Waals surface area contributed by atoms with Crippen LogP contribution in [0.2, 0.25) is 0 Å². The summed E-state index contributed by atoms with van der Waals surface area (Å²) in [5, 5.41) is 26.0. The maximum atomic E-state index is 11.8. The number of carboxylic acid groups (broad SMARTS) is 1. The van der Waals surface area contributed by atoms with E-state index in [4.69, 9.17) is 5.11 Å². The molecule has 130 valence electrons. The van der Waals surface area contributed by atoms with Crippen LogP contribution in [0.15, 0.2) is 57.6 Å². The van der Waals surface area contributed by atoms with Gasteiger partial charge < -0.3 is 10.2 Å². The van der Waals surface area contributed by atoms with Crippen molar-refractivity contribution < 1.29 is 28.2 Å². The van der Waals surface area contributed by atoms with Gasteiger partial charge in [-0.1, -0.05) is 0 Å². The average molecular weight is 363 g/mol. The van der Waals surface area contributed by atoms with E-state index < -0.39 is 21.9 Å². The van der Waals surface area contributed by atoms with Gasteiger partial charge in [-0.15, -0.1) is 0 Å². The Kier molecular flexibility index (Phi) is 5.13. The fourth-order valence-electron chi connectivity index (χ4n) is 1.81. The molecule has 0 radical (unpaired) electrons. The van der Waals surface area contributed by atoms with Gasteiger partial charge in [-0.2, -0.15) is 10.2 Å². The Morgan fingerprint density at radius 3 is 2.12 bits per heavy atom. The maximum Gasteiger partial charge on any atom is 0.339 e. The highest BCUT2D eigenvalue weighted by Gasteiger charge is 2.15. The first-order valence-electron chi connectivity index (χ1n) is 6.80. The first-order chi connectivity index (χ1) is 11.7. The molecule has 2 rings (SSSR count). The molecule has 0 saturated carbocycles. The summed E-state index contributed by atoms with van der Waals surface area (Å²) in [5.41, 5.74) is 0.199. The molecule has 0 aliphatic heterocycles. The molecule has 25 heavy (non-hydrogen) atoms. The number of nitrogens with one attached hydrogen (secondary N) is 1. The number of aromatic carboxylic acids is 1. The second kappa shape index (κ2) is 7.09. The number of amides is 1. The molecule has 0 bridgehead atoms. The third-order valence-corrected chi connectivity index (χ3v) is 4.37. The zero-order valence-electron chi connectivity index (χ0n) is 12.9. The van der Waals surface area contributed by atoms with Crippen LogP contribution in [-0.2, 0) is 14.8 Å². The molecule has 0 heterocycles. The van der Waals surface area contributed by atoms with Crippen molar-refractivity contribution in [3.8, 4) is 5.75 Å². The lowest BCUT2D eigenvalue weighted by Gasteiger charge is -2.04. The van der Waals surface area contributed by atoms with Crippen molar-refractivity contribution in [1.82, 2.24) is 4.72 Å². The Balaban J connectivity index is 2.22. The molecule has 0 unspecified atom stereocenters. The topological polar surface area (TPSA) is 145 Å². The van der Waals surface area contributed by atoms with Crippen LogP contribution >= 0.6 is 0 Å². The smallest absolute Gasteiger partial charge is 0.339 e. The number of carbonyl (C=O) groups is 2. The van der Waals surface area contributed by atoms with Gasteiger partial charge in [0.1, 0.15) is 11.3 Å². The zero-order valence-corrected chi connectivity index (χ0v) is 13.7. The van der Waals surface area contributed by atoms with Crippen molar-refractivity contribution in [2.75, 3.05) is 0 Å². The van der Waals surface area contributed by atoms with Gasteiger partial charge >= 0.3 is 5.97 Å². The first kappa shape index (κ1) is 18.1. The van der Waals surface area contributed by atoms with Crippen molar-refractivity contribution in [2.45, 2.75) is 11.8 Å². The van der Waals surface area contributed by atoms with E-state index in [-0.39, 0.29) is 21.9 Å². The van der Waals surface area contributed by atoms with Crippen LogP contribution in [0.5, 0.6) is 5.75 Å². The maximum absolute atomic E-state index is 11.8. The van der Waals surface area contributed by atoms with Gasteiger partial charge in [0.2, 0.25) is 5.91 Å². The molecule has 10 heteroatoms. The fourth-order valence-corrected chi connectivity index (χ4v) is 2.80. The predicted octanol–water partition coefficient (Wildman–Crippen LogP) is 2.33. The molecule has 0 spiro atoms. The molecule has 0 atom stereocenters. The third-order valence-electron chi connectivity index (χ3n) is 2.92. The van der Waals surface area contributed by atoms with Crippen molar-refractivity contribution in [1.29, 1.82) is 0 Å². The zero-order chi connectivity index (χ0) is 18.6. The number of phenols is 1. The Labute approximate surface area is 142 Å². The quantitative estimate of drug-likeness (QED) is 0.695. The minimum Gasteiger partial charge on any atom is -0.507 e. The predicted molar refractivity (Wildman–Crippen MR) is 86.7 cm³/mol. The number of hydrogen-bond donors (Lipinski definition) is 3. The summed E-state index contributed by atoms with van der Waals surface area (Å²) in [5.74, 6) is -2.40. The van der Waals surface area contributed by atoms with Crippen LogP contribution in [0.25, 0.3) is 0 Å². The number of azo groups is 1. The van der Waals surface area contributed by atoms with E-state index in [9.17, 15) is 23.1 Å². The molecule has 0 saturated heterocycles. The van der Waals surface area contributed by atoms with Gasteiger partial charge in [0.05, 0.1) is 16.3 Å². The van der Waals surface area contributed by atoms with Crippen molar-refractivity contribution in [3.63, 3.8) is 0 Å². The van der Waals surface area contributed by atoms with Gasteiger partial charge in [-0.3, -0.25) is 4.79 Å². The molecular formula is C15H13N3O6S. The van der Waals surface area contributed by atoms with E-state index >= 15 is 0 Å². The molecule has 9 nitrogen and oxygen atoms in total. The average Bonchev–Trinajstić information content (AvgIpc) is 2.53. The van der Waals surface area contributed by atoms with E-state index in [1.165, 1.54) is 36.4 Å². The molecule has 2 aromatic carbocycles. The Morgan fingerprint density at radius 2 is 1.56 bits per heavy atom. The lowest BCUT2D eigenvalue weighted by Crippen LogP contribution is -2.28. The molecule has 0 aromatic heterocycles. The summed E-state index contributed by atoms with van der Waals surface area (Å²) in [6, 6.07) is 8.95. The highest BCUT2D eigenvalue weighted by Crippen LogP contribution is 2.25. The van der Waals surface area contributed by atoms with Gasteiger partial charge in [0, 0.05) is 6.92 Å². The minimum atomic E-state index is -3.93. The lowest BCUT2D eigenvalue weighted by atomic mass is 10.2.